The molecule has 4 aromatic rings. The normalized spacial score (nSPS) is 11.3. The Morgan fingerprint density at radius 3 is 2.26 bits per heavy atom. The lowest BCUT2D eigenvalue weighted by molar-refractivity contribution is -0.136. The lowest BCUT2D eigenvalue weighted by atomic mass is 10.0. The molecule has 1 aromatic heterocycles. The van der Waals surface area contributed by atoms with Gasteiger partial charge in [-0.2, -0.15) is 4.98 Å². The third-order valence-corrected chi connectivity index (χ3v) is 5.18. The number of amides is 1. The minimum absolute atomic E-state index is 0.0128. The van der Waals surface area contributed by atoms with Gasteiger partial charge in [-0.05, 0) is 41.3 Å². The van der Waals surface area contributed by atoms with Crippen molar-refractivity contribution in [3.05, 3.63) is 103 Å². The molecule has 2 N–H and O–H groups in total. The molecule has 0 spiro atoms. The molecule has 3 aromatic carbocycles. The van der Waals surface area contributed by atoms with Crippen LogP contribution in [0.5, 0.6) is 11.6 Å². The van der Waals surface area contributed by atoms with Crippen LogP contribution in [0.3, 0.4) is 0 Å². The van der Waals surface area contributed by atoms with Gasteiger partial charge in [0.1, 0.15) is 23.9 Å². The number of aromatic nitrogens is 2. The lowest BCUT2D eigenvalue weighted by Gasteiger charge is -2.15. The lowest BCUT2D eigenvalue weighted by Crippen LogP contribution is -2.16. The Balaban J connectivity index is 1.41. The molecule has 1 heterocycles. The van der Waals surface area contributed by atoms with Gasteiger partial charge in [0.15, 0.2) is 0 Å². The van der Waals surface area contributed by atoms with Crippen molar-refractivity contribution in [2.75, 3.05) is 5.32 Å². The largest absolute Gasteiger partial charge is 0.481 e. The molecule has 0 aliphatic heterocycles. The van der Waals surface area contributed by atoms with Crippen molar-refractivity contribution in [3.8, 4) is 22.8 Å². The van der Waals surface area contributed by atoms with Crippen LogP contribution in [-0.4, -0.2) is 27.1 Å². The Labute approximate surface area is 202 Å². The third-order valence-electron chi connectivity index (χ3n) is 5.18. The summed E-state index contributed by atoms with van der Waals surface area (Å²) < 4.78 is 11.3. The van der Waals surface area contributed by atoms with E-state index in [4.69, 9.17) is 14.6 Å². The van der Waals surface area contributed by atoms with E-state index < -0.39 is 18.2 Å². The van der Waals surface area contributed by atoms with Gasteiger partial charge in [0.25, 0.3) is 0 Å². The van der Waals surface area contributed by atoms with Crippen LogP contribution in [-0.2, 0) is 16.0 Å². The van der Waals surface area contributed by atoms with Gasteiger partial charge in [-0.1, -0.05) is 66.7 Å². The van der Waals surface area contributed by atoms with Crippen molar-refractivity contribution >= 4 is 17.7 Å². The van der Waals surface area contributed by atoms with Gasteiger partial charge in [-0.25, -0.2) is 9.78 Å². The minimum Gasteiger partial charge on any atom is -0.481 e. The Morgan fingerprint density at radius 2 is 1.60 bits per heavy atom. The van der Waals surface area contributed by atoms with Crippen molar-refractivity contribution in [1.29, 1.82) is 0 Å². The van der Waals surface area contributed by atoms with E-state index >= 15 is 0 Å². The number of carboxylic acid groups (broad SMARTS) is 1. The van der Waals surface area contributed by atoms with Crippen molar-refractivity contribution in [1.82, 2.24) is 9.97 Å². The van der Waals surface area contributed by atoms with Crippen LogP contribution in [0.2, 0.25) is 0 Å². The summed E-state index contributed by atoms with van der Waals surface area (Å²) in [5.74, 6) is -0.170. The van der Waals surface area contributed by atoms with Crippen LogP contribution in [0.15, 0.2) is 91.4 Å². The van der Waals surface area contributed by atoms with Crippen LogP contribution in [0.25, 0.3) is 11.1 Å². The second kappa shape index (κ2) is 10.9. The van der Waals surface area contributed by atoms with E-state index in [9.17, 15) is 9.59 Å². The fraction of sp³-hybridized carbons (Fsp3) is 0.111. The smallest absolute Gasteiger partial charge is 0.412 e. The Kier molecular flexibility index (Phi) is 7.32. The molecule has 0 saturated heterocycles. The molecule has 0 saturated carbocycles. The predicted molar refractivity (Wildman–Crippen MR) is 130 cm³/mol. The topological polar surface area (TPSA) is 111 Å². The quantitative estimate of drug-likeness (QED) is 0.332. The summed E-state index contributed by atoms with van der Waals surface area (Å²) in [5, 5.41) is 11.5. The van der Waals surface area contributed by atoms with Gasteiger partial charge in [-0.15, -0.1) is 0 Å². The second-order valence-electron chi connectivity index (χ2n) is 7.72. The molecule has 176 valence electrons. The predicted octanol–water partition coefficient (Wildman–Crippen LogP) is 5.87. The number of nitrogens with one attached hydrogen (secondary N) is 1. The number of aliphatic carboxylic acids is 1. The zero-order valence-electron chi connectivity index (χ0n) is 18.9. The Morgan fingerprint density at radius 1 is 0.943 bits per heavy atom. The molecule has 0 fully saturated rings. The molecule has 1 amide bonds. The number of rotatable bonds is 8. The van der Waals surface area contributed by atoms with Gasteiger partial charge in [0.2, 0.25) is 5.88 Å². The first-order valence-electron chi connectivity index (χ1n) is 10.9. The summed E-state index contributed by atoms with van der Waals surface area (Å²) >= 11 is 0. The van der Waals surface area contributed by atoms with Crippen molar-refractivity contribution in [3.63, 3.8) is 0 Å². The van der Waals surface area contributed by atoms with Gasteiger partial charge < -0.3 is 14.6 Å². The van der Waals surface area contributed by atoms with Crippen LogP contribution in [0.4, 0.5) is 10.5 Å². The molecule has 0 bridgehead atoms. The molecule has 0 aliphatic rings. The first-order valence-corrected chi connectivity index (χ1v) is 10.9. The average Bonchev–Trinajstić information content (AvgIpc) is 2.86. The van der Waals surface area contributed by atoms with Gasteiger partial charge >= 0.3 is 12.1 Å². The number of benzene rings is 3. The first kappa shape index (κ1) is 23.4. The minimum atomic E-state index is -0.864. The number of hydrogen-bond donors (Lipinski definition) is 2. The SMILES string of the molecule is CC(OC(=O)Nc1cncnc1Oc1ccc(-c2ccc(CC(=O)O)cc2)cc1)c1ccccc1. The van der Waals surface area contributed by atoms with Crippen LogP contribution >= 0.6 is 0 Å². The molecule has 1 atom stereocenters. The van der Waals surface area contributed by atoms with E-state index in [1.165, 1.54) is 12.5 Å². The summed E-state index contributed by atoms with van der Waals surface area (Å²) in [7, 11) is 0. The first-order chi connectivity index (χ1) is 17.0. The number of ether oxygens (including phenoxy) is 2. The molecular weight excluding hydrogens is 446 g/mol. The molecular formula is C27H23N3O5. The standard InChI is InChI=1S/C27H23N3O5/c1-18(20-5-3-2-4-6-20)34-27(33)30-24-16-28-17-29-26(24)35-23-13-11-22(12-14-23)21-9-7-19(8-10-21)15-25(31)32/h2-14,16-18H,15H2,1H3,(H,30,33)(H,31,32). The fourth-order valence-corrected chi connectivity index (χ4v) is 3.39. The van der Waals surface area contributed by atoms with Crippen LogP contribution in [0, 0.1) is 0 Å². The maximum absolute atomic E-state index is 12.4. The van der Waals surface area contributed by atoms with E-state index in [-0.39, 0.29) is 18.0 Å². The van der Waals surface area contributed by atoms with Crippen molar-refractivity contribution in [2.45, 2.75) is 19.4 Å². The molecule has 35 heavy (non-hydrogen) atoms. The third kappa shape index (κ3) is 6.42. The molecule has 0 aliphatic carbocycles. The number of carboxylic acids is 1. The van der Waals surface area contributed by atoms with Gasteiger partial charge in [0.05, 0.1) is 12.6 Å². The Hall–Kier alpha value is -4.72. The summed E-state index contributed by atoms with van der Waals surface area (Å²) in [6.45, 7) is 1.79. The molecule has 0 radical (unpaired) electrons. The molecule has 1 unspecified atom stereocenters. The fourth-order valence-electron chi connectivity index (χ4n) is 3.39. The average molecular weight is 469 g/mol. The van der Waals surface area contributed by atoms with E-state index in [2.05, 4.69) is 15.3 Å². The van der Waals surface area contributed by atoms with E-state index in [1.54, 1.807) is 31.2 Å². The van der Waals surface area contributed by atoms with E-state index in [0.29, 0.717) is 5.75 Å². The zero-order valence-corrected chi connectivity index (χ0v) is 18.9. The molecule has 4 rings (SSSR count). The highest BCUT2D eigenvalue weighted by molar-refractivity contribution is 5.86. The van der Waals surface area contributed by atoms with E-state index in [1.807, 2.05) is 54.6 Å². The van der Waals surface area contributed by atoms with Crippen LogP contribution < -0.4 is 10.1 Å². The highest BCUT2D eigenvalue weighted by atomic mass is 16.6. The number of hydrogen-bond acceptors (Lipinski definition) is 6. The number of carbonyl (C=O) groups excluding carboxylic acids is 1. The number of carbonyl (C=O) groups is 2. The van der Waals surface area contributed by atoms with E-state index in [0.717, 1.165) is 22.3 Å². The van der Waals surface area contributed by atoms with Gasteiger partial charge in [0, 0.05) is 0 Å². The van der Waals surface area contributed by atoms with Gasteiger partial charge in [-0.3, -0.25) is 10.1 Å². The summed E-state index contributed by atoms with van der Waals surface area (Å²) in [4.78, 5) is 31.3. The highest BCUT2D eigenvalue weighted by Crippen LogP contribution is 2.29. The van der Waals surface area contributed by atoms with Crippen LogP contribution in [0.1, 0.15) is 24.2 Å². The zero-order chi connectivity index (χ0) is 24.6. The Bertz CT molecular complexity index is 1290. The highest BCUT2D eigenvalue weighted by Gasteiger charge is 2.15. The monoisotopic (exact) mass is 469 g/mol. The summed E-state index contributed by atoms with van der Waals surface area (Å²) in [6, 6.07) is 24.1. The number of anilines is 1. The number of nitrogens with zero attached hydrogens (tertiary/aromatic N) is 2. The second-order valence-corrected chi connectivity index (χ2v) is 7.72. The molecule has 8 heteroatoms. The molecule has 8 nitrogen and oxygen atoms in total. The maximum Gasteiger partial charge on any atom is 0.412 e. The van der Waals surface area contributed by atoms with Crippen molar-refractivity contribution in [2.24, 2.45) is 0 Å². The maximum atomic E-state index is 12.4. The summed E-state index contributed by atoms with van der Waals surface area (Å²) in [5.41, 5.74) is 3.78. The van der Waals surface area contributed by atoms with Crippen molar-refractivity contribution < 1.29 is 24.2 Å². The summed E-state index contributed by atoms with van der Waals surface area (Å²) in [6.07, 6.45) is 1.66.